The van der Waals surface area contributed by atoms with Crippen molar-refractivity contribution in [1.29, 1.82) is 0 Å². The van der Waals surface area contributed by atoms with Crippen LogP contribution in [0.5, 0.6) is 0 Å². The zero-order valence-corrected chi connectivity index (χ0v) is 12.1. The van der Waals surface area contributed by atoms with E-state index in [0.717, 1.165) is 11.3 Å². The largest absolute Gasteiger partial charge is 0.383 e. The fourth-order valence-corrected chi connectivity index (χ4v) is 1.69. The molecule has 0 saturated heterocycles. The summed E-state index contributed by atoms with van der Waals surface area (Å²) in [5.74, 6) is 0.0321. The number of aryl methyl sites for hydroxylation is 1. The van der Waals surface area contributed by atoms with Crippen LogP contribution >= 0.6 is 0 Å². The predicted molar refractivity (Wildman–Crippen MR) is 76.4 cm³/mol. The Morgan fingerprint density at radius 3 is 2.81 bits per heavy atom. The van der Waals surface area contributed by atoms with Crippen molar-refractivity contribution in [2.24, 2.45) is 0 Å². The molecule has 2 rings (SSSR count). The van der Waals surface area contributed by atoms with Crippen molar-refractivity contribution in [3.63, 3.8) is 0 Å². The molecule has 0 atom stereocenters. The summed E-state index contributed by atoms with van der Waals surface area (Å²) in [6.45, 7) is 4.34. The molecule has 2 aromatic rings. The van der Waals surface area contributed by atoms with Gasteiger partial charge >= 0.3 is 0 Å². The summed E-state index contributed by atoms with van der Waals surface area (Å²) in [5, 5.41) is 13.5. The highest BCUT2D eigenvalue weighted by atomic mass is 16.5. The predicted octanol–water partition coefficient (Wildman–Crippen LogP) is 0.482. The van der Waals surface area contributed by atoms with Gasteiger partial charge in [-0.1, -0.05) is 0 Å². The molecule has 21 heavy (non-hydrogen) atoms. The summed E-state index contributed by atoms with van der Waals surface area (Å²) < 4.78 is 6.10. The van der Waals surface area contributed by atoms with Gasteiger partial charge in [-0.2, -0.15) is 10.2 Å². The molecule has 0 aliphatic rings. The molecule has 0 fully saturated rings. The molecule has 2 N–H and O–H groups in total. The molecule has 112 valence electrons. The van der Waals surface area contributed by atoms with Crippen LogP contribution in [0.4, 0.5) is 5.82 Å². The molecule has 0 spiro atoms. The monoisotopic (exact) mass is 291 g/mol. The molecule has 8 heteroatoms. The minimum atomic E-state index is -0.421. The van der Waals surface area contributed by atoms with Crippen LogP contribution < -0.4 is 10.9 Å². The number of amides is 1. The number of carbonyl (C=O) groups excluding carboxylic acids is 1. The molecule has 2 heterocycles. The maximum atomic E-state index is 12.1. The second-order valence-corrected chi connectivity index (χ2v) is 4.55. The zero-order valence-electron chi connectivity index (χ0n) is 12.1. The summed E-state index contributed by atoms with van der Waals surface area (Å²) in [5.41, 5.74) is 1.60. The van der Waals surface area contributed by atoms with E-state index in [1.807, 2.05) is 13.8 Å². The van der Waals surface area contributed by atoms with E-state index in [1.165, 1.54) is 23.9 Å². The highest BCUT2D eigenvalue weighted by Gasteiger charge is 2.13. The first-order valence-electron chi connectivity index (χ1n) is 6.43. The lowest BCUT2D eigenvalue weighted by molar-refractivity contribution is 0.101. The number of carbonyl (C=O) groups is 1. The summed E-state index contributed by atoms with van der Waals surface area (Å²) >= 11 is 0. The minimum absolute atomic E-state index is 0.144. The van der Waals surface area contributed by atoms with Crippen molar-refractivity contribution in [2.45, 2.75) is 20.4 Å². The molecule has 0 aromatic carbocycles. The molecule has 0 aliphatic heterocycles. The minimum Gasteiger partial charge on any atom is -0.383 e. The van der Waals surface area contributed by atoms with Gasteiger partial charge in [-0.25, -0.2) is 4.68 Å². The summed E-state index contributed by atoms with van der Waals surface area (Å²) in [4.78, 5) is 23.8. The van der Waals surface area contributed by atoms with Crippen molar-refractivity contribution >= 4 is 11.7 Å². The third-order valence-corrected chi connectivity index (χ3v) is 3.09. The number of aromatic amines is 1. The first-order chi connectivity index (χ1) is 10.0. The number of anilines is 1. The Hall–Kier alpha value is -2.48. The van der Waals surface area contributed by atoms with E-state index in [9.17, 15) is 9.59 Å². The third-order valence-electron chi connectivity index (χ3n) is 3.09. The van der Waals surface area contributed by atoms with E-state index in [2.05, 4.69) is 20.6 Å². The number of rotatable bonds is 5. The number of nitrogens with zero attached hydrogens (tertiary/aromatic N) is 3. The van der Waals surface area contributed by atoms with Crippen LogP contribution in [0, 0.1) is 13.8 Å². The fraction of sp³-hybridized carbons (Fsp3) is 0.385. The van der Waals surface area contributed by atoms with Gasteiger partial charge in [0.05, 0.1) is 13.2 Å². The fourth-order valence-electron chi connectivity index (χ4n) is 1.69. The van der Waals surface area contributed by atoms with Gasteiger partial charge < -0.3 is 10.1 Å². The van der Waals surface area contributed by atoms with Gasteiger partial charge in [0.2, 0.25) is 0 Å². The topological polar surface area (TPSA) is 102 Å². The Morgan fingerprint density at radius 1 is 1.43 bits per heavy atom. The highest BCUT2D eigenvalue weighted by Crippen LogP contribution is 2.14. The van der Waals surface area contributed by atoms with Crippen molar-refractivity contribution in [3.8, 4) is 0 Å². The second-order valence-electron chi connectivity index (χ2n) is 4.55. The van der Waals surface area contributed by atoms with E-state index < -0.39 is 5.91 Å². The summed E-state index contributed by atoms with van der Waals surface area (Å²) in [6.07, 6.45) is 0. The molecule has 0 aliphatic carbocycles. The molecular formula is C13H17N5O3. The number of methoxy groups -OCH3 is 1. The van der Waals surface area contributed by atoms with Crippen LogP contribution in [-0.4, -0.2) is 39.6 Å². The Balaban J connectivity index is 2.19. The van der Waals surface area contributed by atoms with Crippen LogP contribution in [0.2, 0.25) is 0 Å². The molecular weight excluding hydrogens is 274 g/mol. The standard InChI is InChI=1S/C13H17N5O3/c1-8-9(2)15-16-12(8)14-13(20)10-4-5-11(19)18(17-10)6-7-21-3/h4-5H,6-7H2,1-3H3,(H2,14,15,16,20). The average molecular weight is 291 g/mol. The smallest absolute Gasteiger partial charge is 0.277 e. The van der Waals surface area contributed by atoms with Gasteiger partial charge in [-0.15, -0.1) is 0 Å². The lowest BCUT2D eigenvalue weighted by atomic mass is 10.2. The number of hydrogen-bond acceptors (Lipinski definition) is 5. The number of hydrogen-bond donors (Lipinski definition) is 2. The zero-order chi connectivity index (χ0) is 15.4. The molecule has 0 unspecified atom stereocenters. The summed E-state index contributed by atoms with van der Waals surface area (Å²) in [7, 11) is 1.53. The van der Waals surface area contributed by atoms with Crippen molar-refractivity contribution in [3.05, 3.63) is 39.4 Å². The van der Waals surface area contributed by atoms with E-state index >= 15 is 0 Å². The first kappa shape index (κ1) is 14.9. The second kappa shape index (κ2) is 6.31. The van der Waals surface area contributed by atoms with E-state index in [1.54, 1.807) is 0 Å². The Bertz CT molecular complexity index is 704. The average Bonchev–Trinajstić information content (AvgIpc) is 2.78. The van der Waals surface area contributed by atoms with E-state index in [0.29, 0.717) is 12.4 Å². The Labute approximate surface area is 121 Å². The van der Waals surface area contributed by atoms with Crippen LogP contribution in [-0.2, 0) is 11.3 Å². The van der Waals surface area contributed by atoms with Gasteiger partial charge in [0.1, 0.15) is 5.69 Å². The van der Waals surface area contributed by atoms with Gasteiger partial charge in [0.25, 0.3) is 11.5 Å². The van der Waals surface area contributed by atoms with Crippen molar-refractivity contribution in [1.82, 2.24) is 20.0 Å². The molecule has 2 aromatic heterocycles. The van der Waals surface area contributed by atoms with Gasteiger partial charge in [-0.05, 0) is 19.9 Å². The van der Waals surface area contributed by atoms with Crippen LogP contribution in [0.15, 0.2) is 16.9 Å². The molecule has 0 saturated carbocycles. The summed E-state index contributed by atoms with van der Waals surface area (Å²) in [6, 6.07) is 2.69. The number of H-pyrrole nitrogens is 1. The number of nitrogens with one attached hydrogen (secondary N) is 2. The van der Waals surface area contributed by atoms with Crippen molar-refractivity contribution in [2.75, 3.05) is 19.0 Å². The molecule has 0 bridgehead atoms. The third kappa shape index (κ3) is 3.34. The van der Waals surface area contributed by atoms with Gasteiger partial charge in [0.15, 0.2) is 5.82 Å². The Morgan fingerprint density at radius 2 is 2.19 bits per heavy atom. The maximum absolute atomic E-state index is 12.1. The lowest BCUT2D eigenvalue weighted by Gasteiger charge is -2.06. The van der Waals surface area contributed by atoms with Crippen molar-refractivity contribution < 1.29 is 9.53 Å². The SMILES string of the molecule is COCCn1nc(C(=O)Nc2n[nH]c(C)c2C)ccc1=O. The van der Waals surface area contributed by atoms with Crippen LogP contribution in [0.1, 0.15) is 21.7 Å². The lowest BCUT2D eigenvalue weighted by Crippen LogP contribution is -2.27. The van der Waals surface area contributed by atoms with E-state index in [4.69, 9.17) is 4.74 Å². The van der Waals surface area contributed by atoms with E-state index in [-0.39, 0.29) is 17.8 Å². The molecule has 0 radical (unpaired) electrons. The quantitative estimate of drug-likeness (QED) is 0.834. The maximum Gasteiger partial charge on any atom is 0.277 e. The van der Waals surface area contributed by atoms with Gasteiger partial charge in [0, 0.05) is 24.4 Å². The Kier molecular flexibility index (Phi) is 4.49. The first-order valence-corrected chi connectivity index (χ1v) is 6.43. The van der Waals surface area contributed by atoms with Gasteiger partial charge in [-0.3, -0.25) is 14.7 Å². The number of aromatic nitrogens is 4. The molecule has 8 nitrogen and oxygen atoms in total. The van der Waals surface area contributed by atoms with Crippen LogP contribution in [0.3, 0.4) is 0 Å². The normalized spacial score (nSPS) is 10.6. The molecule has 1 amide bonds. The highest BCUT2D eigenvalue weighted by molar-refractivity contribution is 6.02. The van der Waals surface area contributed by atoms with Crippen LogP contribution in [0.25, 0.3) is 0 Å². The number of ether oxygens (including phenoxy) is 1.